The van der Waals surface area contributed by atoms with Gasteiger partial charge in [0.25, 0.3) is 0 Å². The molecule has 1 atom stereocenters. The van der Waals surface area contributed by atoms with Crippen molar-refractivity contribution in [2.24, 2.45) is 5.73 Å². The average molecular weight is 273 g/mol. The van der Waals surface area contributed by atoms with Crippen LogP contribution in [0.1, 0.15) is 5.56 Å². The molecule has 4 heteroatoms. The molecule has 1 unspecified atom stereocenters. The first kappa shape index (κ1) is 12.9. The standard InChI is InChI=1S/C16H16FNO2/c1-19-11-6-10-7-12(9-18)20-16(10)14(8-11)13-4-2-3-5-15(13)17/h2-6,8,12H,7,9,18H2,1H3. The van der Waals surface area contributed by atoms with Crippen LogP contribution in [0.4, 0.5) is 4.39 Å². The first-order valence-corrected chi connectivity index (χ1v) is 6.55. The summed E-state index contributed by atoms with van der Waals surface area (Å²) in [6.07, 6.45) is 0.674. The van der Waals surface area contributed by atoms with Crippen LogP contribution in [0.2, 0.25) is 0 Å². The van der Waals surface area contributed by atoms with E-state index < -0.39 is 0 Å². The minimum atomic E-state index is -0.275. The van der Waals surface area contributed by atoms with Gasteiger partial charge in [-0.25, -0.2) is 4.39 Å². The molecule has 0 fully saturated rings. The zero-order valence-electron chi connectivity index (χ0n) is 11.2. The van der Waals surface area contributed by atoms with E-state index in [0.29, 0.717) is 29.2 Å². The molecule has 0 aliphatic carbocycles. The number of nitrogens with two attached hydrogens (primary N) is 1. The summed E-state index contributed by atoms with van der Waals surface area (Å²) in [6.45, 7) is 0.438. The van der Waals surface area contributed by atoms with Crippen LogP contribution in [-0.4, -0.2) is 19.8 Å². The van der Waals surface area contributed by atoms with E-state index in [0.717, 1.165) is 12.0 Å². The third-order valence-corrected chi connectivity index (χ3v) is 3.53. The minimum Gasteiger partial charge on any atom is -0.497 e. The fourth-order valence-electron chi connectivity index (χ4n) is 2.53. The lowest BCUT2D eigenvalue weighted by atomic mass is 9.99. The first-order valence-electron chi connectivity index (χ1n) is 6.55. The zero-order chi connectivity index (χ0) is 14.1. The fourth-order valence-corrected chi connectivity index (χ4v) is 2.53. The third kappa shape index (κ3) is 2.12. The summed E-state index contributed by atoms with van der Waals surface area (Å²) < 4.78 is 25.2. The maximum atomic E-state index is 14.0. The summed E-state index contributed by atoms with van der Waals surface area (Å²) in [4.78, 5) is 0. The number of halogens is 1. The van der Waals surface area contributed by atoms with Gasteiger partial charge in [0.05, 0.1) is 7.11 Å². The highest BCUT2D eigenvalue weighted by molar-refractivity contribution is 5.75. The van der Waals surface area contributed by atoms with Crippen molar-refractivity contribution in [3.8, 4) is 22.6 Å². The van der Waals surface area contributed by atoms with Crippen LogP contribution < -0.4 is 15.2 Å². The van der Waals surface area contributed by atoms with Crippen LogP contribution in [0.3, 0.4) is 0 Å². The normalized spacial score (nSPS) is 16.6. The van der Waals surface area contributed by atoms with E-state index in [2.05, 4.69) is 0 Å². The number of fused-ring (bicyclic) bond motifs is 1. The van der Waals surface area contributed by atoms with Gasteiger partial charge < -0.3 is 15.2 Å². The highest BCUT2D eigenvalue weighted by Crippen LogP contribution is 2.42. The Kier molecular flexibility index (Phi) is 3.32. The highest BCUT2D eigenvalue weighted by atomic mass is 19.1. The molecule has 0 aromatic heterocycles. The van der Waals surface area contributed by atoms with Gasteiger partial charge in [0.1, 0.15) is 23.4 Å². The van der Waals surface area contributed by atoms with Crippen molar-refractivity contribution < 1.29 is 13.9 Å². The molecule has 0 saturated carbocycles. The predicted octanol–water partition coefficient (Wildman–Crippen LogP) is 2.76. The van der Waals surface area contributed by atoms with E-state index in [1.54, 1.807) is 31.4 Å². The van der Waals surface area contributed by atoms with Crippen molar-refractivity contribution in [2.45, 2.75) is 12.5 Å². The molecule has 20 heavy (non-hydrogen) atoms. The molecule has 2 N–H and O–H groups in total. The summed E-state index contributed by atoms with van der Waals surface area (Å²) in [7, 11) is 1.60. The SMILES string of the molecule is COc1cc2c(c(-c3ccccc3F)c1)OC(CN)C2. The van der Waals surface area contributed by atoms with Crippen molar-refractivity contribution in [2.75, 3.05) is 13.7 Å². The lowest BCUT2D eigenvalue weighted by Crippen LogP contribution is -2.24. The topological polar surface area (TPSA) is 44.5 Å². The number of ether oxygens (including phenoxy) is 2. The predicted molar refractivity (Wildman–Crippen MR) is 75.6 cm³/mol. The summed E-state index contributed by atoms with van der Waals surface area (Å²) in [5, 5.41) is 0. The van der Waals surface area contributed by atoms with Crippen LogP contribution in [-0.2, 0) is 6.42 Å². The maximum Gasteiger partial charge on any atom is 0.131 e. The third-order valence-electron chi connectivity index (χ3n) is 3.53. The Balaban J connectivity index is 2.16. The van der Waals surface area contributed by atoms with Gasteiger partial charge in [0.2, 0.25) is 0 Å². The van der Waals surface area contributed by atoms with E-state index in [9.17, 15) is 4.39 Å². The van der Waals surface area contributed by atoms with Gasteiger partial charge in [0, 0.05) is 29.7 Å². The molecule has 1 aliphatic heterocycles. The number of benzene rings is 2. The molecule has 0 saturated heterocycles. The van der Waals surface area contributed by atoms with Crippen molar-refractivity contribution in [1.29, 1.82) is 0 Å². The number of methoxy groups -OCH3 is 1. The van der Waals surface area contributed by atoms with Crippen molar-refractivity contribution in [3.63, 3.8) is 0 Å². The van der Waals surface area contributed by atoms with Gasteiger partial charge in [-0.3, -0.25) is 0 Å². The Morgan fingerprint density at radius 3 is 2.80 bits per heavy atom. The molecule has 2 aromatic carbocycles. The molecule has 0 radical (unpaired) electrons. The summed E-state index contributed by atoms with van der Waals surface area (Å²) in [5.41, 5.74) is 7.91. The molecule has 3 nitrogen and oxygen atoms in total. The van der Waals surface area contributed by atoms with Crippen LogP contribution in [0.15, 0.2) is 36.4 Å². The monoisotopic (exact) mass is 273 g/mol. The van der Waals surface area contributed by atoms with Gasteiger partial charge in [0.15, 0.2) is 0 Å². The summed E-state index contributed by atoms with van der Waals surface area (Å²) >= 11 is 0. The number of hydrogen-bond donors (Lipinski definition) is 1. The van der Waals surface area contributed by atoms with E-state index in [1.165, 1.54) is 6.07 Å². The van der Waals surface area contributed by atoms with Gasteiger partial charge >= 0.3 is 0 Å². The summed E-state index contributed by atoms with van der Waals surface area (Å²) in [6, 6.07) is 10.4. The molecule has 1 aliphatic rings. The lowest BCUT2D eigenvalue weighted by Gasteiger charge is -2.13. The second-order valence-corrected chi connectivity index (χ2v) is 4.82. The van der Waals surface area contributed by atoms with Crippen LogP contribution in [0, 0.1) is 5.82 Å². The second-order valence-electron chi connectivity index (χ2n) is 4.82. The molecule has 0 amide bonds. The van der Waals surface area contributed by atoms with E-state index >= 15 is 0 Å². The highest BCUT2D eigenvalue weighted by Gasteiger charge is 2.26. The van der Waals surface area contributed by atoms with E-state index in [-0.39, 0.29) is 11.9 Å². The lowest BCUT2D eigenvalue weighted by molar-refractivity contribution is 0.242. The Morgan fingerprint density at radius 2 is 2.10 bits per heavy atom. The molecule has 104 valence electrons. The quantitative estimate of drug-likeness (QED) is 0.935. The number of rotatable bonds is 3. The molecule has 3 rings (SSSR count). The van der Waals surface area contributed by atoms with Crippen LogP contribution in [0.25, 0.3) is 11.1 Å². The molecule has 0 bridgehead atoms. The molecule has 2 aromatic rings. The van der Waals surface area contributed by atoms with Gasteiger partial charge in [-0.05, 0) is 18.2 Å². The van der Waals surface area contributed by atoms with E-state index in [4.69, 9.17) is 15.2 Å². The Morgan fingerprint density at radius 1 is 1.30 bits per heavy atom. The van der Waals surface area contributed by atoms with Crippen molar-refractivity contribution in [1.82, 2.24) is 0 Å². The van der Waals surface area contributed by atoms with E-state index in [1.807, 2.05) is 6.07 Å². The molecule has 0 spiro atoms. The molecular weight excluding hydrogens is 257 g/mol. The second kappa shape index (κ2) is 5.13. The van der Waals surface area contributed by atoms with Gasteiger partial charge in [-0.15, -0.1) is 0 Å². The smallest absolute Gasteiger partial charge is 0.131 e. The van der Waals surface area contributed by atoms with Gasteiger partial charge in [-0.1, -0.05) is 18.2 Å². The largest absolute Gasteiger partial charge is 0.497 e. The molecule has 1 heterocycles. The number of hydrogen-bond acceptors (Lipinski definition) is 3. The Labute approximate surface area is 117 Å². The maximum absolute atomic E-state index is 14.0. The minimum absolute atomic E-state index is 0.0531. The van der Waals surface area contributed by atoms with Gasteiger partial charge in [-0.2, -0.15) is 0 Å². The molecular formula is C16H16FNO2. The Bertz CT molecular complexity index is 642. The van der Waals surface area contributed by atoms with Crippen LogP contribution in [0.5, 0.6) is 11.5 Å². The van der Waals surface area contributed by atoms with Crippen molar-refractivity contribution >= 4 is 0 Å². The summed E-state index contributed by atoms with van der Waals surface area (Å²) in [5.74, 6) is 1.14. The Hall–Kier alpha value is -2.07. The van der Waals surface area contributed by atoms with Crippen molar-refractivity contribution in [3.05, 3.63) is 47.8 Å². The first-order chi connectivity index (χ1) is 9.72. The fraction of sp³-hybridized carbons (Fsp3) is 0.250. The average Bonchev–Trinajstić information content (AvgIpc) is 2.90. The zero-order valence-corrected chi connectivity index (χ0v) is 11.2. The van der Waals surface area contributed by atoms with Crippen LogP contribution >= 0.6 is 0 Å².